The van der Waals surface area contributed by atoms with Gasteiger partial charge in [-0.1, -0.05) is 70.5 Å². The molecule has 0 unspecified atom stereocenters. The number of nitrogens with one attached hydrogen (secondary N) is 1. The van der Waals surface area contributed by atoms with E-state index in [9.17, 15) is 0 Å². The van der Waals surface area contributed by atoms with Crippen molar-refractivity contribution in [1.29, 1.82) is 0 Å². The van der Waals surface area contributed by atoms with Crippen molar-refractivity contribution in [3.8, 4) is 22.4 Å². The van der Waals surface area contributed by atoms with Gasteiger partial charge in [0.1, 0.15) is 0 Å². The van der Waals surface area contributed by atoms with Gasteiger partial charge >= 0.3 is 0 Å². The summed E-state index contributed by atoms with van der Waals surface area (Å²) in [5.74, 6) is 0. The maximum atomic E-state index is 3.72. The van der Waals surface area contributed by atoms with Crippen LogP contribution in [0.25, 0.3) is 33.3 Å². The summed E-state index contributed by atoms with van der Waals surface area (Å²) in [6.45, 7) is 1.08. The van der Waals surface area contributed by atoms with E-state index < -0.39 is 0 Å². The lowest BCUT2D eigenvalue weighted by Gasteiger charge is -2.12. The van der Waals surface area contributed by atoms with Gasteiger partial charge in [0.05, 0.1) is 0 Å². The molecule has 2 nitrogen and oxygen atoms in total. The maximum absolute atomic E-state index is 3.72. The number of aromatic nitrogens is 1. The lowest BCUT2D eigenvalue weighted by atomic mass is 9.95. The highest BCUT2D eigenvalue weighted by Crippen LogP contribution is 2.38. The van der Waals surface area contributed by atoms with Crippen molar-refractivity contribution in [2.45, 2.75) is 12.8 Å². The minimum atomic E-state index is 1.05. The molecule has 3 heteroatoms. The van der Waals surface area contributed by atoms with Crippen LogP contribution in [-0.2, 0) is 6.42 Å². The van der Waals surface area contributed by atoms with E-state index in [0.29, 0.717) is 0 Å². The number of aromatic amines is 1. The summed E-state index contributed by atoms with van der Waals surface area (Å²) in [5, 5.41) is 1.35. The molecule has 142 valence electrons. The molecule has 1 N–H and O–H groups in total. The third-order valence-corrected chi connectivity index (χ3v) is 5.65. The summed E-state index contributed by atoms with van der Waals surface area (Å²) in [7, 11) is 4.28. The number of H-pyrrole nitrogens is 1. The molecule has 0 bridgehead atoms. The Hall–Kier alpha value is -2.36. The zero-order valence-corrected chi connectivity index (χ0v) is 18.0. The van der Waals surface area contributed by atoms with Gasteiger partial charge < -0.3 is 9.88 Å². The summed E-state index contributed by atoms with van der Waals surface area (Å²) >= 11 is 3.63. The van der Waals surface area contributed by atoms with Crippen molar-refractivity contribution < 1.29 is 0 Å². The Kier molecular flexibility index (Phi) is 5.65. The zero-order chi connectivity index (χ0) is 19.5. The normalized spacial score (nSPS) is 11.4. The van der Waals surface area contributed by atoms with Crippen LogP contribution in [0.5, 0.6) is 0 Å². The molecular weight excluding hydrogens is 408 g/mol. The van der Waals surface area contributed by atoms with Crippen LogP contribution in [0, 0.1) is 0 Å². The van der Waals surface area contributed by atoms with Crippen molar-refractivity contribution in [3.63, 3.8) is 0 Å². The standard InChI is InChI=1S/C25H25BrN2/c1-28(2)16-8-14-22-24-21(18-9-4-3-5-10-18)13-7-15-23(24)27-25(22)19-11-6-12-20(26)17-19/h3-7,9-13,15,17,27H,8,14,16H2,1-2H3. The Bertz CT molecular complexity index is 1080. The first-order chi connectivity index (χ1) is 13.6. The van der Waals surface area contributed by atoms with Crippen molar-refractivity contribution >= 4 is 26.8 Å². The lowest BCUT2D eigenvalue weighted by Crippen LogP contribution is -2.13. The van der Waals surface area contributed by atoms with Crippen molar-refractivity contribution in [2.75, 3.05) is 20.6 Å². The van der Waals surface area contributed by atoms with E-state index in [2.05, 4.69) is 113 Å². The highest BCUT2D eigenvalue weighted by atomic mass is 79.9. The average Bonchev–Trinajstić information content (AvgIpc) is 3.07. The van der Waals surface area contributed by atoms with Gasteiger partial charge in [-0.25, -0.2) is 0 Å². The van der Waals surface area contributed by atoms with Crippen LogP contribution >= 0.6 is 15.9 Å². The number of nitrogens with zero attached hydrogens (tertiary/aromatic N) is 1. The molecule has 0 atom stereocenters. The number of rotatable bonds is 6. The van der Waals surface area contributed by atoms with E-state index in [4.69, 9.17) is 0 Å². The summed E-state index contributed by atoms with van der Waals surface area (Å²) < 4.78 is 1.10. The highest BCUT2D eigenvalue weighted by Gasteiger charge is 2.17. The first-order valence-corrected chi connectivity index (χ1v) is 10.5. The summed E-state index contributed by atoms with van der Waals surface area (Å²) in [5.41, 5.74) is 7.64. The molecular formula is C25H25BrN2. The van der Waals surface area contributed by atoms with Crippen LogP contribution in [-0.4, -0.2) is 30.5 Å². The monoisotopic (exact) mass is 432 g/mol. The van der Waals surface area contributed by atoms with Crippen LogP contribution < -0.4 is 0 Å². The van der Waals surface area contributed by atoms with Crippen molar-refractivity contribution in [3.05, 3.63) is 82.8 Å². The van der Waals surface area contributed by atoms with Gasteiger partial charge in [0.2, 0.25) is 0 Å². The summed E-state index contributed by atoms with van der Waals surface area (Å²) in [4.78, 5) is 5.98. The van der Waals surface area contributed by atoms with Crippen LogP contribution in [0.1, 0.15) is 12.0 Å². The van der Waals surface area contributed by atoms with Crippen LogP contribution in [0.4, 0.5) is 0 Å². The van der Waals surface area contributed by atoms with Gasteiger partial charge in [-0.05, 0) is 73.9 Å². The summed E-state index contributed by atoms with van der Waals surface area (Å²) in [6.07, 6.45) is 2.17. The lowest BCUT2D eigenvalue weighted by molar-refractivity contribution is 0.400. The molecule has 0 aliphatic heterocycles. The first kappa shape index (κ1) is 19.0. The number of halogens is 1. The number of hydrogen-bond donors (Lipinski definition) is 1. The maximum Gasteiger partial charge on any atom is 0.0497 e. The zero-order valence-electron chi connectivity index (χ0n) is 16.4. The molecule has 4 aromatic rings. The molecule has 28 heavy (non-hydrogen) atoms. The van der Waals surface area contributed by atoms with E-state index in [1.165, 1.54) is 38.9 Å². The van der Waals surface area contributed by atoms with Gasteiger partial charge in [0.25, 0.3) is 0 Å². The fraction of sp³-hybridized carbons (Fsp3) is 0.200. The molecule has 0 saturated heterocycles. The third-order valence-electron chi connectivity index (χ3n) is 5.16. The first-order valence-electron chi connectivity index (χ1n) is 9.73. The molecule has 0 aliphatic rings. The van der Waals surface area contributed by atoms with Gasteiger partial charge in [-0.2, -0.15) is 0 Å². The van der Waals surface area contributed by atoms with E-state index >= 15 is 0 Å². The Morgan fingerprint density at radius 2 is 1.61 bits per heavy atom. The summed E-state index contributed by atoms with van der Waals surface area (Å²) in [6, 6.07) is 25.8. The van der Waals surface area contributed by atoms with Gasteiger partial charge in [-0.3, -0.25) is 0 Å². The number of aryl methyl sites for hydroxylation is 1. The SMILES string of the molecule is CN(C)CCCc1c(-c2cccc(Br)c2)[nH]c2cccc(-c3ccccc3)c12. The second kappa shape index (κ2) is 8.34. The van der Waals surface area contributed by atoms with Gasteiger partial charge in [-0.15, -0.1) is 0 Å². The molecule has 4 rings (SSSR count). The smallest absolute Gasteiger partial charge is 0.0497 e. The number of benzene rings is 3. The van der Waals surface area contributed by atoms with Gasteiger partial charge in [0.15, 0.2) is 0 Å². The van der Waals surface area contributed by atoms with E-state index in [1.807, 2.05) is 0 Å². The molecule has 0 radical (unpaired) electrons. The van der Waals surface area contributed by atoms with Gasteiger partial charge in [0, 0.05) is 21.1 Å². The van der Waals surface area contributed by atoms with E-state index in [0.717, 1.165) is 23.9 Å². The number of hydrogen-bond acceptors (Lipinski definition) is 1. The quantitative estimate of drug-likeness (QED) is 0.356. The molecule has 1 heterocycles. The molecule has 0 spiro atoms. The van der Waals surface area contributed by atoms with E-state index in [1.54, 1.807) is 0 Å². The van der Waals surface area contributed by atoms with Crippen molar-refractivity contribution in [1.82, 2.24) is 9.88 Å². The topological polar surface area (TPSA) is 19.0 Å². The highest BCUT2D eigenvalue weighted by molar-refractivity contribution is 9.10. The second-order valence-corrected chi connectivity index (χ2v) is 8.41. The molecule has 0 saturated carbocycles. The second-order valence-electron chi connectivity index (χ2n) is 7.49. The third kappa shape index (κ3) is 3.91. The fourth-order valence-electron chi connectivity index (χ4n) is 3.89. The predicted molar refractivity (Wildman–Crippen MR) is 124 cm³/mol. The van der Waals surface area contributed by atoms with Crippen LogP contribution in [0.2, 0.25) is 0 Å². The minimum absolute atomic E-state index is 1.05. The predicted octanol–water partition coefficient (Wildman–Crippen LogP) is 6.76. The Balaban J connectivity index is 1.91. The molecule has 1 aromatic heterocycles. The molecule has 0 amide bonds. The van der Waals surface area contributed by atoms with Crippen LogP contribution in [0.3, 0.4) is 0 Å². The fourth-order valence-corrected chi connectivity index (χ4v) is 4.29. The largest absolute Gasteiger partial charge is 0.354 e. The minimum Gasteiger partial charge on any atom is -0.354 e. The number of fused-ring (bicyclic) bond motifs is 1. The van der Waals surface area contributed by atoms with Crippen molar-refractivity contribution in [2.24, 2.45) is 0 Å². The molecule has 0 fully saturated rings. The van der Waals surface area contributed by atoms with Crippen LogP contribution in [0.15, 0.2) is 77.3 Å². The Labute approximate surface area is 175 Å². The molecule has 3 aromatic carbocycles. The Morgan fingerprint density at radius 1 is 0.857 bits per heavy atom. The Morgan fingerprint density at radius 3 is 2.36 bits per heavy atom. The van der Waals surface area contributed by atoms with E-state index in [-0.39, 0.29) is 0 Å². The average molecular weight is 433 g/mol. The molecule has 0 aliphatic carbocycles.